The molecule has 4 unspecified atom stereocenters. The number of nitrogens with one attached hydrogen (secondary N) is 2. The molecule has 5 nitrogen and oxygen atoms in total. The summed E-state index contributed by atoms with van der Waals surface area (Å²) in [5.41, 5.74) is 0.195. The molecule has 152 valence electrons. The molecule has 2 saturated heterocycles. The fraction of sp³-hybridized carbons (Fsp3) is 0.950. The van der Waals surface area contributed by atoms with Crippen molar-refractivity contribution in [2.75, 3.05) is 32.8 Å². The Labute approximate surface area is 177 Å². The van der Waals surface area contributed by atoms with E-state index in [1.54, 1.807) is 0 Å². The van der Waals surface area contributed by atoms with Crippen molar-refractivity contribution < 1.29 is 4.74 Å². The van der Waals surface area contributed by atoms with Gasteiger partial charge in [-0.2, -0.15) is 0 Å². The third-order valence-electron chi connectivity index (χ3n) is 6.55. The summed E-state index contributed by atoms with van der Waals surface area (Å²) >= 11 is 0. The van der Waals surface area contributed by atoms with Crippen LogP contribution in [0.5, 0.6) is 0 Å². The molecule has 1 saturated carbocycles. The number of likely N-dealkylation sites (tertiary alicyclic amines) is 1. The zero-order valence-corrected chi connectivity index (χ0v) is 19.4. The molecule has 3 fully saturated rings. The summed E-state index contributed by atoms with van der Waals surface area (Å²) < 4.78 is 5.91. The summed E-state index contributed by atoms with van der Waals surface area (Å²) in [6, 6.07) is 1.22. The topological polar surface area (TPSA) is 48.9 Å². The van der Waals surface area contributed by atoms with E-state index in [1.165, 1.54) is 38.8 Å². The van der Waals surface area contributed by atoms with Gasteiger partial charge >= 0.3 is 0 Å². The van der Waals surface area contributed by atoms with Crippen LogP contribution < -0.4 is 10.6 Å². The first kappa shape index (κ1) is 22.2. The second-order valence-corrected chi connectivity index (χ2v) is 8.68. The van der Waals surface area contributed by atoms with Gasteiger partial charge in [-0.25, -0.2) is 0 Å². The molecule has 2 N–H and O–H groups in total. The molecular weight excluding hydrogens is 439 g/mol. The zero-order chi connectivity index (χ0) is 17.9. The van der Waals surface area contributed by atoms with E-state index in [9.17, 15) is 0 Å². The largest absolute Gasteiger partial charge is 0.377 e. The van der Waals surface area contributed by atoms with E-state index in [-0.39, 0.29) is 29.4 Å². The number of halogens is 1. The van der Waals surface area contributed by atoms with Crippen molar-refractivity contribution in [2.45, 2.75) is 78.0 Å². The van der Waals surface area contributed by atoms with Crippen LogP contribution in [-0.2, 0) is 4.74 Å². The number of guanidine groups is 1. The minimum Gasteiger partial charge on any atom is -0.377 e. The summed E-state index contributed by atoms with van der Waals surface area (Å²) in [4.78, 5) is 7.49. The summed E-state index contributed by atoms with van der Waals surface area (Å²) in [6.45, 7) is 14.3. The monoisotopic (exact) mass is 478 g/mol. The molecule has 4 atom stereocenters. The highest BCUT2D eigenvalue weighted by Crippen LogP contribution is 2.52. The van der Waals surface area contributed by atoms with E-state index in [0.29, 0.717) is 18.1 Å². The molecule has 0 aromatic rings. The van der Waals surface area contributed by atoms with Gasteiger partial charge in [0.2, 0.25) is 0 Å². The lowest BCUT2D eigenvalue weighted by molar-refractivity contribution is -0.106. The van der Waals surface area contributed by atoms with Gasteiger partial charge in [0.1, 0.15) is 0 Å². The van der Waals surface area contributed by atoms with Crippen molar-refractivity contribution in [3.8, 4) is 0 Å². The molecule has 2 aliphatic heterocycles. The van der Waals surface area contributed by atoms with Crippen molar-refractivity contribution in [3.63, 3.8) is 0 Å². The summed E-state index contributed by atoms with van der Waals surface area (Å²) in [6.07, 6.45) is 6.86. The van der Waals surface area contributed by atoms with Gasteiger partial charge in [0.05, 0.1) is 6.10 Å². The lowest BCUT2D eigenvalue weighted by Crippen LogP contribution is -2.68. The van der Waals surface area contributed by atoms with E-state index in [2.05, 4.69) is 43.2 Å². The second-order valence-electron chi connectivity index (χ2n) is 8.68. The van der Waals surface area contributed by atoms with E-state index in [1.807, 2.05) is 0 Å². The maximum Gasteiger partial charge on any atom is 0.191 e. The number of aliphatic imine (C=N–C) groups is 1. The van der Waals surface area contributed by atoms with Crippen LogP contribution in [0.3, 0.4) is 0 Å². The van der Waals surface area contributed by atoms with Crippen LogP contribution in [0, 0.1) is 11.3 Å². The predicted octanol–water partition coefficient (Wildman–Crippen LogP) is 3.24. The van der Waals surface area contributed by atoms with Crippen LogP contribution in [0.1, 0.15) is 59.8 Å². The molecule has 0 radical (unpaired) electrons. The summed E-state index contributed by atoms with van der Waals surface area (Å²) in [5.74, 6) is 1.63. The van der Waals surface area contributed by atoms with E-state index >= 15 is 0 Å². The number of rotatable bonds is 6. The van der Waals surface area contributed by atoms with Gasteiger partial charge in [-0.1, -0.05) is 20.3 Å². The van der Waals surface area contributed by atoms with Crippen LogP contribution in [0.25, 0.3) is 0 Å². The number of ether oxygens (including phenoxy) is 1. The maximum atomic E-state index is 5.91. The molecule has 0 spiro atoms. The van der Waals surface area contributed by atoms with Gasteiger partial charge in [0.15, 0.2) is 5.96 Å². The van der Waals surface area contributed by atoms with Crippen molar-refractivity contribution in [1.29, 1.82) is 0 Å². The van der Waals surface area contributed by atoms with Crippen LogP contribution in [0.2, 0.25) is 0 Å². The standard InChI is InChI=1S/C20H38N4O.HI/c1-5-21-19(22-11-8-13-24-12-7-6-9-15(24)2)23-17-16-10-14-25-18(16)20(17,3)4;/h15-18H,5-14H2,1-4H3,(H2,21,22,23);1H. The van der Waals surface area contributed by atoms with Crippen molar-refractivity contribution in [2.24, 2.45) is 16.3 Å². The Kier molecular flexibility index (Phi) is 8.47. The fourth-order valence-electron chi connectivity index (χ4n) is 5.04. The molecule has 1 aliphatic carbocycles. The van der Waals surface area contributed by atoms with Crippen molar-refractivity contribution in [1.82, 2.24) is 15.5 Å². The Bertz CT molecular complexity index is 471. The Balaban J connectivity index is 0.00000243. The molecular formula is C20H39IN4O. The first-order valence-corrected chi connectivity index (χ1v) is 10.4. The minimum atomic E-state index is 0. The maximum absolute atomic E-state index is 5.91. The molecule has 0 amide bonds. The average molecular weight is 478 g/mol. The van der Waals surface area contributed by atoms with Crippen LogP contribution >= 0.6 is 24.0 Å². The van der Waals surface area contributed by atoms with Crippen molar-refractivity contribution >= 4 is 29.9 Å². The van der Waals surface area contributed by atoms with Gasteiger partial charge in [-0.05, 0) is 46.1 Å². The second kappa shape index (κ2) is 9.92. The average Bonchev–Trinajstić information content (AvgIpc) is 3.05. The minimum absolute atomic E-state index is 0. The van der Waals surface area contributed by atoms with Gasteiger partial charge in [-0.15, -0.1) is 24.0 Å². The summed E-state index contributed by atoms with van der Waals surface area (Å²) in [5, 5.41) is 7.14. The number of hydrogen-bond donors (Lipinski definition) is 2. The highest BCUT2D eigenvalue weighted by Gasteiger charge is 2.59. The van der Waals surface area contributed by atoms with Crippen LogP contribution in [-0.4, -0.2) is 61.8 Å². The van der Waals surface area contributed by atoms with E-state index in [0.717, 1.165) is 38.1 Å². The molecule has 0 aromatic carbocycles. The normalized spacial score (nSPS) is 33.8. The molecule has 2 heterocycles. The molecule has 0 bridgehead atoms. The molecule has 0 aromatic heterocycles. The third kappa shape index (κ3) is 4.85. The zero-order valence-electron chi connectivity index (χ0n) is 17.1. The van der Waals surface area contributed by atoms with Crippen LogP contribution in [0.15, 0.2) is 4.99 Å². The van der Waals surface area contributed by atoms with Gasteiger partial charge in [0, 0.05) is 49.7 Å². The van der Waals surface area contributed by atoms with E-state index in [4.69, 9.17) is 9.73 Å². The smallest absolute Gasteiger partial charge is 0.191 e. The first-order valence-electron chi connectivity index (χ1n) is 10.4. The molecule has 3 rings (SSSR count). The SMILES string of the molecule is CCNC(=NCCCN1CCCCC1C)NC1C2CCOC2C1(C)C.I. The number of piperidine rings is 1. The van der Waals surface area contributed by atoms with Gasteiger partial charge in [0.25, 0.3) is 0 Å². The Hall–Kier alpha value is -0.0800. The first-order chi connectivity index (χ1) is 12.0. The predicted molar refractivity (Wildman–Crippen MR) is 119 cm³/mol. The lowest BCUT2D eigenvalue weighted by atomic mass is 9.57. The van der Waals surface area contributed by atoms with Gasteiger partial charge < -0.3 is 20.3 Å². The molecule has 6 heteroatoms. The van der Waals surface area contributed by atoms with E-state index < -0.39 is 0 Å². The highest BCUT2D eigenvalue weighted by molar-refractivity contribution is 14.0. The fourth-order valence-corrected chi connectivity index (χ4v) is 5.04. The van der Waals surface area contributed by atoms with Crippen molar-refractivity contribution in [3.05, 3.63) is 0 Å². The summed E-state index contributed by atoms with van der Waals surface area (Å²) in [7, 11) is 0. The van der Waals surface area contributed by atoms with Gasteiger partial charge in [-0.3, -0.25) is 4.99 Å². The Morgan fingerprint density at radius 3 is 2.81 bits per heavy atom. The number of hydrogen-bond acceptors (Lipinski definition) is 3. The quantitative estimate of drug-likeness (QED) is 0.267. The Morgan fingerprint density at radius 2 is 2.08 bits per heavy atom. The number of nitrogens with zero attached hydrogens (tertiary/aromatic N) is 2. The lowest BCUT2D eigenvalue weighted by Gasteiger charge is -2.54. The molecule has 26 heavy (non-hydrogen) atoms. The highest BCUT2D eigenvalue weighted by atomic mass is 127. The third-order valence-corrected chi connectivity index (χ3v) is 6.55. The number of fused-ring (bicyclic) bond motifs is 1. The Morgan fingerprint density at radius 1 is 1.27 bits per heavy atom. The molecule has 3 aliphatic rings. The van der Waals surface area contributed by atoms with Crippen LogP contribution in [0.4, 0.5) is 0 Å².